The van der Waals surface area contributed by atoms with Crippen molar-refractivity contribution in [3.63, 3.8) is 0 Å². The summed E-state index contributed by atoms with van der Waals surface area (Å²) in [5.41, 5.74) is 0. The summed E-state index contributed by atoms with van der Waals surface area (Å²) in [5.74, 6) is 0.635. The number of ether oxygens (including phenoxy) is 1. The lowest BCUT2D eigenvalue weighted by Gasteiger charge is -2.32. The summed E-state index contributed by atoms with van der Waals surface area (Å²) in [4.78, 5) is 29.7. The van der Waals surface area contributed by atoms with Gasteiger partial charge in [-0.15, -0.1) is 0 Å². The zero-order valence-electron chi connectivity index (χ0n) is 16.1. The van der Waals surface area contributed by atoms with Crippen LogP contribution in [0.2, 0.25) is 0 Å². The molecule has 1 saturated heterocycles. The summed E-state index contributed by atoms with van der Waals surface area (Å²) in [6.07, 6.45) is 7.25. The molecule has 2 amide bonds. The lowest BCUT2D eigenvalue weighted by atomic mass is 9.95. The molecular weight excluding hydrogens is 334 g/mol. The van der Waals surface area contributed by atoms with Crippen LogP contribution in [0.1, 0.15) is 51.9 Å². The molecule has 0 unspecified atom stereocenters. The average molecular weight is 367 g/mol. The smallest absolute Gasteiger partial charge is 0.409 e. The van der Waals surface area contributed by atoms with Crippen LogP contribution >= 0.6 is 0 Å². The summed E-state index contributed by atoms with van der Waals surface area (Å²) in [7, 11) is 1.70. The third kappa shape index (κ3) is 6.72. The Morgan fingerprint density at radius 3 is 2.31 bits per heavy atom. The van der Waals surface area contributed by atoms with Crippen molar-refractivity contribution in [2.24, 2.45) is 4.99 Å². The summed E-state index contributed by atoms with van der Waals surface area (Å²) in [6.45, 7) is 3.76. The normalized spacial score (nSPS) is 19.8. The van der Waals surface area contributed by atoms with Crippen molar-refractivity contribution in [1.29, 1.82) is 0 Å². The van der Waals surface area contributed by atoms with Gasteiger partial charge in [-0.25, -0.2) is 4.79 Å². The van der Waals surface area contributed by atoms with E-state index in [2.05, 4.69) is 20.9 Å². The van der Waals surface area contributed by atoms with Crippen LogP contribution in [0.25, 0.3) is 0 Å². The molecule has 0 atom stereocenters. The van der Waals surface area contributed by atoms with Gasteiger partial charge in [0.25, 0.3) is 0 Å². The number of carbonyl (C=O) groups excluding carboxylic acids is 2. The number of nitrogens with zero attached hydrogens (tertiary/aromatic N) is 2. The highest BCUT2D eigenvalue weighted by atomic mass is 16.6. The quantitative estimate of drug-likeness (QED) is 0.502. The Hall–Kier alpha value is -1.99. The lowest BCUT2D eigenvalue weighted by molar-refractivity contribution is -0.120. The van der Waals surface area contributed by atoms with E-state index in [0.717, 1.165) is 25.7 Å². The highest BCUT2D eigenvalue weighted by Crippen LogP contribution is 2.17. The highest BCUT2D eigenvalue weighted by molar-refractivity contribution is 5.86. The summed E-state index contributed by atoms with van der Waals surface area (Å²) < 4.78 is 5.03. The number of rotatable bonds is 5. The van der Waals surface area contributed by atoms with Crippen LogP contribution in [0, 0.1) is 0 Å². The van der Waals surface area contributed by atoms with Crippen LogP contribution in [-0.4, -0.2) is 68.2 Å². The molecule has 8 nitrogen and oxygen atoms in total. The van der Waals surface area contributed by atoms with Gasteiger partial charge in [0.15, 0.2) is 5.96 Å². The maximum atomic E-state index is 12.1. The van der Waals surface area contributed by atoms with Crippen LogP contribution in [0.15, 0.2) is 4.99 Å². The fourth-order valence-corrected chi connectivity index (χ4v) is 3.50. The van der Waals surface area contributed by atoms with Gasteiger partial charge in [-0.3, -0.25) is 9.79 Å². The molecule has 8 heteroatoms. The molecule has 1 aliphatic carbocycles. The number of hydrogen-bond donors (Lipinski definition) is 3. The van der Waals surface area contributed by atoms with E-state index < -0.39 is 0 Å². The van der Waals surface area contributed by atoms with Crippen LogP contribution in [-0.2, 0) is 9.53 Å². The third-order valence-corrected chi connectivity index (χ3v) is 4.97. The molecule has 0 radical (unpaired) electrons. The van der Waals surface area contributed by atoms with Gasteiger partial charge < -0.3 is 25.6 Å². The van der Waals surface area contributed by atoms with Crippen LogP contribution < -0.4 is 16.0 Å². The van der Waals surface area contributed by atoms with E-state index >= 15 is 0 Å². The van der Waals surface area contributed by atoms with Gasteiger partial charge in [-0.05, 0) is 32.6 Å². The molecule has 0 aromatic heterocycles. The molecule has 0 bridgehead atoms. The Morgan fingerprint density at radius 2 is 1.69 bits per heavy atom. The van der Waals surface area contributed by atoms with Gasteiger partial charge >= 0.3 is 6.09 Å². The standard InChI is InChI=1S/C18H33N5O3/c1-3-26-18(25)23-11-9-15(10-12-23)22-17(19-2)20-13-16(24)21-14-7-5-4-6-8-14/h14-15H,3-13H2,1-2H3,(H,21,24)(H2,19,20,22). The van der Waals surface area contributed by atoms with Crippen LogP contribution in [0.5, 0.6) is 0 Å². The summed E-state index contributed by atoms with van der Waals surface area (Å²) in [5, 5.41) is 9.51. The molecule has 0 spiro atoms. The fraction of sp³-hybridized carbons (Fsp3) is 0.833. The topological polar surface area (TPSA) is 95.1 Å². The average Bonchev–Trinajstić information content (AvgIpc) is 2.66. The van der Waals surface area contributed by atoms with Crippen molar-refractivity contribution in [1.82, 2.24) is 20.9 Å². The van der Waals surface area contributed by atoms with E-state index in [-0.39, 0.29) is 24.6 Å². The van der Waals surface area contributed by atoms with Gasteiger partial charge in [-0.2, -0.15) is 0 Å². The predicted octanol–water partition coefficient (Wildman–Crippen LogP) is 1.22. The van der Waals surface area contributed by atoms with Gasteiger partial charge in [0.1, 0.15) is 0 Å². The van der Waals surface area contributed by atoms with Crippen molar-refractivity contribution >= 4 is 18.0 Å². The number of piperidine rings is 1. The van der Waals surface area contributed by atoms with Crippen LogP contribution in [0.4, 0.5) is 4.79 Å². The largest absolute Gasteiger partial charge is 0.450 e. The molecule has 3 N–H and O–H groups in total. The first-order valence-electron chi connectivity index (χ1n) is 9.80. The molecular formula is C18H33N5O3. The number of amides is 2. The van der Waals surface area contributed by atoms with Crippen molar-refractivity contribution in [3.05, 3.63) is 0 Å². The minimum absolute atomic E-state index is 0.0111. The van der Waals surface area contributed by atoms with E-state index in [0.29, 0.717) is 31.7 Å². The Bertz CT molecular complexity index is 483. The monoisotopic (exact) mass is 367 g/mol. The first-order chi connectivity index (χ1) is 12.6. The van der Waals surface area contributed by atoms with E-state index in [4.69, 9.17) is 4.74 Å². The number of likely N-dealkylation sites (tertiary alicyclic amines) is 1. The number of aliphatic imine (C=N–C) groups is 1. The first-order valence-corrected chi connectivity index (χ1v) is 9.80. The highest BCUT2D eigenvalue weighted by Gasteiger charge is 2.24. The maximum absolute atomic E-state index is 12.1. The Morgan fingerprint density at radius 1 is 1.04 bits per heavy atom. The Balaban J connectivity index is 1.66. The van der Waals surface area contributed by atoms with E-state index in [9.17, 15) is 9.59 Å². The second-order valence-electron chi connectivity index (χ2n) is 6.93. The molecule has 26 heavy (non-hydrogen) atoms. The van der Waals surface area contributed by atoms with Gasteiger partial charge in [-0.1, -0.05) is 19.3 Å². The molecule has 0 aromatic carbocycles. The molecule has 1 heterocycles. The van der Waals surface area contributed by atoms with E-state index in [1.807, 2.05) is 6.92 Å². The van der Waals surface area contributed by atoms with Crippen molar-refractivity contribution < 1.29 is 14.3 Å². The fourth-order valence-electron chi connectivity index (χ4n) is 3.50. The SMILES string of the molecule is CCOC(=O)N1CCC(NC(=NC)NCC(=O)NC2CCCCC2)CC1. The zero-order valence-corrected chi connectivity index (χ0v) is 16.1. The molecule has 2 aliphatic rings. The van der Waals surface area contributed by atoms with E-state index in [1.165, 1.54) is 19.3 Å². The third-order valence-electron chi connectivity index (χ3n) is 4.97. The van der Waals surface area contributed by atoms with E-state index in [1.54, 1.807) is 11.9 Å². The lowest BCUT2D eigenvalue weighted by Crippen LogP contribution is -2.51. The minimum Gasteiger partial charge on any atom is -0.450 e. The summed E-state index contributed by atoms with van der Waals surface area (Å²) >= 11 is 0. The molecule has 148 valence electrons. The van der Waals surface area contributed by atoms with Crippen LogP contribution in [0.3, 0.4) is 0 Å². The molecule has 2 rings (SSSR count). The number of guanidine groups is 1. The first kappa shape index (κ1) is 20.3. The van der Waals surface area contributed by atoms with Gasteiger partial charge in [0.05, 0.1) is 13.2 Å². The predicted molar refractivity (Wildman–Crippen MR) is 101 cm³/mol. The molecule has 1 saturated carbocycles. The van der Waals surface area contributed by atoms with Crippen molar-refractivity contribution in [3.8, 4) is 0 Å². The maximum Gasteiger partial charge on any atom is 0.409 e. The number of carbonyl (C=O) groups is 2. The Kier molecular flexibility index (Phi) is 8.50. The van der Waals surface area contributed by atoms with Crippen molar-refractivity contribution in [2.45, 2.75) is 64.0 Å². The molecule has 1 aliphatic heterocycles. The number of nitrogens with one attached hydrogen (secondary N) is 3. The molecule has 0 aromatic rings. The van der Waals surface area contributed by atoms with Gasteiger partial charge in [0.2, 0.25) is 5.91 Å². The second-order valence-corrected chi connectivity index (χ2v) is 6.93. The molecule has 2 fully saturated rings. The minimum atomic E-state index is -0.243. The van der Waals surface area contributed by atoms with Crippen molar-refractivity contribution in [2.75, 3.05) is 33.3 Å². The summed E-state index contributed by atoms with van der Waals surface area (Å²) in [6, 6.07) is 0.550. The number of hydrogen-bond acceptors (Lipinski definition) is 4. The second kappa shape index (κ2) is 10.9. The zero-order chi connectivity index (χ0) is 18.8. The Labute approximate surface area is 156 Å². The van der Waals surface area contributed by atoms with Gasteiger partial charge in [0, 0.05) is 32.2 Å².